The van der Waals surface area contributed by atoms with E-state index in [0.717, 1.165) is 5.57 Å². The van der Waals surface area contributed by atoms with Gasteiger partial charge in [0, 0.05) is 5.57 Å². The smallest absolute Gasteiger partial charge is 0.306 e. The molecule has 3 nitrogen and oxygen atoms in total. The van der Waals surface area contributed by atoms with Gasteiger partial charge in [-0.2, -0.15) is 5.26 Å². The van der Waals surface area contributed by atoms with Crippen molar-refractivity contribution < 1.29 is 9.90 Å². The van der Waals surface area contributed by atoms with E-state index in [-0.39, 0.29) is 5.92 Å². The molecule has 0 aliphatic heterocycles. The molecule has 11 heavy (non-hydrogen) atoms. The highest BCUT2D eigenvalue weighted by atomic mass is 16.4. The van der Waals surface area contributed by atoms with Gasteiger partial charge in [0.25, 0.3) is 0 Å². The summed E-state index contributed by atoms with van der Waals surface area (Å²) < 4.78 is 0. The number of nitrogens with zero attached hydrogens (tertiary/aromatic N) is 1. The van der Waals surface area contributed by atoms with Crippen molar-refractivity contribution in [2.45, 2.75) is 19.3 Å². The van der Waals surface area contributed by atoms with Crippen molar-refractivity contribution in [3.8, 4) is 6.07 Å². The number of carboxylic acid groups (broad SMARTS) is 1. The molecular weight excluding hydrogens is 142 g/mol. The van der Waals surface area contributed by atoms with Crippen LogP contribution in [-0.2, 0) is 4.79 Å². The number of hydrogen-bond acceptors (Lipinski definition) is 2. The number of aliphatic carboxylic acids is 1. The third-order valence-electron chi connectivity index (χ3n) is 1.90. The second-order valence-corrected chi connectivity index (χ2v) is 2.65. The molecule has 1 atom stereocenters. The number of carbonyl (C=O) groups is 1. The minimum absolute atomic E-state index is 0.271. The average Bonchev–Trinajstić information content (AvgIpc) is 2.05. The third kappa shape index (κ3) is 1.81. The monoisotopic (exact) mass is 151 g/mol. The average molecular weight is 151 g/mol. The highest BCUT2D eigenvalue weighted by Gasteiger charge is 2.20. The minimum Gasteiger partial charge on any atom is -0.481 e. The summed E-state index contributed by atoms with van der Waals surface area (Å²) in [6.07, 6.45) is 3.46. The Hall–Kier alpha value is -1.30. The van der Waals surface area contributed by atoms with Crippen LogP contribution in [-0.4, -0.2) is 11.1 Å². The second kappa shape index (κ2) is 3.20. The van der Waals surface area contributed by atoms with Crippen LogP contribution in [0, 0.1) is 17.2 Å². The number of rotatable bonds is 1. The molecule has 0 aromatic rings. The van der Waals surface area contributed by atoms with Crippen molar-refractivity contribution in [1.82, 2.24) is 0 Å². The third-order valence-corrected chi connectivity index (χ3v) is 1.90. The van der Waals surface area contributed by atoms with E-state index >= 15 is 0 Å². The molecule has 1 unspecified atom stereocenters. The van der Waals surface area contributed by atoms with E-state index in [1.165, 1.54) is 0 Å². The van der Waals surface area contributed by atoms with Crippen LogP contribution in [0.2, 0.25) is 0 Å². The summed E-state index contributed by atoms with van der Waals surface area (Å²) in [7, 11) is 0. The van der Waals surface area contributed by atoms with Gasteiger partial charge in [-0.1, -0.05) is 6.08 Å². The summed E-state index contributed by atoms with van der Waals surface area (Å²) in [5.41, 5.74) is 0.725. The fourth-order valence-corrected chi connectivity index (χ4v) is 1.16. The zero-order valence-electron chi connectivity index (χ0n) is 6.08. The molecule has 0 spiro atoms. The second-order valence-electron chi connectivity index (χ2n) is 2.65. The number of hydrogen-bond donors (Lipinski definition) is 1. The normalized spacial score (nSPS) is 23.5. The van der Waals surface area contributed by atoms with Crippen LogP contribution in [0.3, 0.4) is 0 Å². The van der Waals surface area contributed by atoms with Gasteiger partial charge >= 0.3 is 5.97 Å². The summed E-state index contributed by atoms with van der Waals surface area (Å²) in [6.45, 7) is 0. The van der Waals surface area contributed by atoms with Crippen molar-refractivity contribution >= 4 is 5.97 Å². The Labute approximate surface area is 64.9 Å². The summed E-state index contributed by atoms with van der Waals surface area (Å²) in [5, 5.41) is 17.0. The molecule has 0 radical (unpaired) electrons. The minimum atomic E-state index is -0.752. The molecule has 1 aliphatic carbocycles. The highest BCUT2D eigenvalue weighted by Crippen LogP contribution is 2.22. The molecule has 3 heteroatoms. The zero-order valence-corrected chi connectivity index (χ0v) is 6.08. The van der Waals surface area contributed by atoms with Crippen LogP contribution < -0.4 is 0 Å². The van der Waals surface area contributed by atoms with Gasteiger partial charge in [0.2, 0.25) is 0 Å². The molecular formula is C8H9NO2. The quantitative estimate of drug-likeness (QED) is 0.614. The summed E-state index contributed by atoms with van der Waals surface area (Å²) in [5.74, 6) is -1.02. The fraction of sp³-hybridized carbons (Fsp3) is 0.500. The van der Waals surface area contributed by atoms with Crippen molar-refractivity contribution in [3.05, 3.63) is 11.6 Å². The molecule has 1 aliphatic rings. The zero-order chi connectivity index (χ0) is 8.27. The molecule has 0 saturated heterocycles. The van der Waals surface area contributed by atoms with E-state index in [1.807, 2.05) is 6.07 Å². The van der Waals surface area contributed by atoms with E-state index in [2.05, 4.69) is 0 Å². The summed E-state index contributed by atoms with van der Waals surface area (Å²) in [4.78, 5) is 10.4. The summed E-state index contributed by atoms with van der Waals surface area (Å²) in [6, 6.07) is 2.03. The van der Waals surface area contributed by atoms with E-state index in [1.54, 1.807) is 6.08 Å². The van der Waals surface area contributed by atoms with Gasteiger partial charge in [-0.3, -0.25) is 4.79 Å². The molecule has 1 N–H and O–H groups in total. The van der Waals surface area contributed by atoms with Gasteiger partial charge in [-0.15, -0.1) is 0 Å². The van der Waals surface area contributed by atoms with Crippen molar-refractivity contribution in [2.24, 2.45) is 5.92 Å². The first kappa shape index (κ1) is 7.80. The molecule has 0 fully saturated rings. The molecule has 0 amide bonds. The predicted molar refractivity (Wildman–Crippen MR) is 38.7 cm³/mol. The van der Waals surface area contributed by atoms with E-state index in [9.17, 15) is 4.79 Å². The van der Waals surface area contributed by atoms with E-state index in [4.69, 9.17) is 10.4 Å². The van der Waals surface area contributed by atoms with Crippen molar-refractivity contribution in [3.63, 3.8) is 0 Å². The Kier molecular flexibility index (Phi) is 2.27. The molecule has 58 valence electrons. The Balaban J connectivity index is 2.56. The van der Waals surface area contributed by atoms with Gasteiger partial charge in [0.15, 0.2) is 0 Å². The Bertz CT molecular complexity index is 237. The lowest BCUT2D eigenvalue weighted by molar-refractivity contribution is -0.141. The van der Waals surface area contributed by atoms with Crippen LogP contribution in [0.4, 0.5) is 0 Å². The Morgan fingerprint density at radius 3 is 2.91 bits per heavy atom. The van der Waals surface area contributed by atoms with E-state index in [0.29, 0.717) is 19.3 Å². The topological polar surface area (TPSA) is 61.1 Å². The predicted octanol–water partition coefficient (Wildman–Crippen LogP) is 1.32. The van der Waals surface area contributed by atoms with Crippen LogP contribution in [0.1, 0.15) is 19.3 Å². The standard InChI is InChI=1S/C8H9NO2/c9-5-6-1-3-7(4-2-6)8(10)11/h1,7H,2-4H2,(H,10,11). The molecule has 0 heterocycles. The lowest BCUT2D eigenvalue weighted by Crippen LogP contribution is -2.15. The van der Waals surface area contributed by atoms with Crippen LogP contribution in [0.5, 0.6) is 0 Å². The molecule has 0 saturated carbocycles. The largest absolute Gasteiger partial charge is 0.481 e. The van der Waals surface area contributed by atoms with E-state index < -0.39 is 5.97 Å². The SMILES string of the molecule is N#CC1=CCC(C(=O)O)CC1. The summed E-state index contributed by atoms with van der Waals surface area (Å²) >= 11 is 0. The maximum atomic E-state index is 10.4. The fourth-order valence-electron chi connectivity index (χ4n) is 1.16. The van der Waals surface area contributed by atoms with Gasteiger partial charge in [-0.05, 0) is 19.3 Å². The van der Waals surface area contributed by atoms with Crippen LogP contribution in [0.15, 0.2) is 11.6 Å². The first-order chi connectivity index (χ1) is 5.24. The number of allylic oxidation sites excluding steroid dienone is 2. The molecule has 0 bridgehead atoms. The lowest BCUT2D eigenvalue weighted by Gasteiger charge is -2.13. The maximum Gasteiger partial charge on any atom is 0.306 e. The highest BCUT2D eigenvalue weighted by molar-refractivity contribution is 5.70. The van der Waals surface area contributed by atoms with Crippen molar-refractivity contribution in [1.29, 1.82) is 5.26 Å². The molecule has 1 rings (SSSR count). The first-order valence-corrected chi connectivity index (χ1v) is 3.56. The van der Waals surface area contributed by atoms with Gasteiger partial charge in [0.05, 0.1) is 12.0 Å². The van der Waals surface area contributed by atoms with Gasteiger partial charge in [-0.25, -0.2) is 0 Å². The van der Waals surface area contributed by atoms with Crippen molar-refractivity contribution in [2.75, 3.05) is 0 Å². The molecule has 0 aromatic heterocycles. The number of carboxylic acids is 1. The first-order valence-electron chi connectivity index (χ1n) is 3.56. The van der Waals surface area contributed by atoms with Gasteiger partial charge in [0.1, 0.15) is 0 Å². The Morgan fingerprint density at radius 2 is 2.55 bits per heavy atom. The number of nitriles is 1. The molecule has 0 aromatic carbocycles. The maximum absolute atomic E-state index is 10.4. The Morgan fingerprint density at radius 1 is 1.82 bits per heavy atom. The van der Waals surface area contributed by atoms with Gasteiger partial charge < -0.3 is 5.11 Å². The van der Waals surface area contributed by atoms with Crippen LogP contribution >= 0.6 is 0 Å². The lowest BCUT2D eigenvalue weighted by atomic mass is 9.90. The van der Waals surface area contributed by atoms with Crippen LogP contribution in [0.25, 0.3) is 0 Å².